The van der Waals surface area contributed by atoms with Gasteiger partial charge in [-0.3, -0.25) is 0 Å². The Hall–Kier alpha value is -1.56. The van der Waals surface area contributed by atoms with Crippen molar-refractivity contribution in [1.29, 1.82) is 0 Å². The summed E-state index contributed by atoms with van der Waals surface area (Å²) in [7, 11) is 6.20. The highest BCUT2D eigenvalue weighted by atomic mass is 127. The van der Waals surface area contributed by atoms with E-state index in [2.05, 4.69) is 96.0 Å². The molecule has 3 aromatic rings. The molecule has 4 heteroatoms. The van der Waals surface area contributed by atoms with Crippen LogP contribution in [0.4, 0.5) is 11.4 Å². The van der Waals surface area contributed by atoms with Crippen molar-refractivity contribution in [3.8, 4) is 0 Å². The van der Waals surface area contributed by atoms with Crippen LogP contribution in [0.3, 0.4) is 0 Å². The Morgan fingerprint density at radius 1 is 0.857 bits per heavy atom. The lowest BCUT2D eigenvalue weighted by Crippen LogP contribution is -2.13. The van der Waals surface area contributed by atoms with Crippen molar-refractivity contribution in [2.24, 2.45) is 0 Å². The number of halogens is 1. The number of aromatic nitrogens is 1. The van der Waals surface area contributed by atoms with Gasteiger partial charge in [0.25, 0.3) is 0 Å². The number of nitrogens with zero attached hydrogens (tertiary/aromatic N) is 3. The molecule has 3 rings (SSSR count). The first kappa shape index (κ1) is 14.4. The van der Waals surface area contributed by atoms with E-state index < -0.39 is 0 Å². The molecule has 0 atom stereocenters. The highest BCUT2D eigenvalue weighted by Gasteiger charge is 2.05. The quantitative estimate of drug-likeness (QED) is 0.288. The normalized spacial score (nSPS) is 11.0. The molecule has 0 amide bonds. The average molecular weight is 391 g/mol. The predicted octanol–water partition coefficient (Wildman–Crippen LogP) is 4.28. The number of hydrogen-bond acceptors (Lipinski definition) is 3. The number of alkyl halides is 1. The summed E-state index contributed by atoms with van der Waals surface area (Å²) in [5.41, 5.74) is 4.47. The fraction of sp³-hybridized carbons (Fsp3) is 0.235. The van der Waals surface area contributed by atoms with E-state index in [4.69, 9.17) is 4.98 Å². The summed E-state index contributed by atoms with van der Waals surface area (Å²) in [5.74, 6) is 0. The van der Waals surface area contributed by atoms with Crippen LogP contribution in [0.15, 0.2) is 42.5 Å². The molecule has 2 aromatic carbocycles. The van der Waals surface area contributed by atoms with E-state index in [0.29, 0.717) is 0 Å². The molecule has 0 aliphatic carbocycles. The molecule has 0 radical (unpaired) electrons. The van der Waals surface area contributed by atoms with E-state index >= 15 is 0 Å². The molecule has 0 saturated heterocycles. The molecule has 3 nitrogen and oxygen atoms in total. The van der Waals surface area contributed by atoms with E-state index in [1.165, 1.54) is 22.1 Å². The minimum absolute atomic E-state index is 0.960. The van der Waals surface area contributed by atoms with Crippen LogP contribution in [-0.2, 0) is 0 Å². The van der Waals surface area contributed by atoms with Crippen molar-refractivity contribution in [1.82, 2.24) is 4.98 Å². The summed E-state index contributed by atoms with van der Waals surface area (Å²) in [6.07, 6.45) is 0. The van der Waals surface area contributed by atoms with Crippen molar-refractivity contribution in [2.75, 3.05) is 35.5 Å². The molecule has 0 bridgehead atoms. The smallest absolute Gasteiger partial charge is 0.0730 e. The maximum atomic E-state index is 4.84. The van der Waals surface area contributed by atoms with E-state index in [9.17, 15) is 0 Å². The summed E-state index contributed by atoms with van der Waals surface area (Å²) < 4.78 is 0.960. The lowest BCUT2D eigenvalue weighted by atomic mass is 10.1. The van der Waals surface area contributed by atoms with E-state index in [1.54, 1.807) is 0 Å². The fourth-order valence-electron chi connectivity index (χ4n) is 2.38. The SMILES string of the molecule is CN(C)c1ccc2cc3ccc(N(C)CI)cc3nc2c1. The van der Waals surface area contributed by atoms with Gasteiger partial charge in [-0.1, -0.05) is 34.7 Å². The van der Waals surface area contributed by atoms with E-state index in [-0.39, 0.29) is 0 Å². The minimum atomic E-state index is 0.960. The highest BCUT2D eigenvalue weighted by Crippen LogP contribution is 2.26. The zero-order chi connectivity index (χ0) is 15.0. The number of pyridine rings is 1. The largest absolute Gasteiger partial charge is 0.378 e. The molecule has 0 fully saturated rings. The van der Waals surface area contributed by atoms with Gasteiger partial charge in [0.15, 0.2) is 0 Å². The second-order valence-corrected chi connectivity index (χ2v) is 6.14. The van der Waals surface area contributed by atoms with Crippen LogP contribution >= 0.6 is 22.6 Å². The number of benzene rings is 2. The Bertz CT molecular complexity index is 798. The molecular formula is C17H18IN3. The molecule has 108 valence electrons. The van der Waals surface area contributed by atoms with Crippen LogP contribution in [0.5, 0.6) is 0 Å². The summed E-state index contributed by atoms with van der Waals surface area (Å²) in [5, 5.41) is 2.37. The number of anilines is 2. The van der Waals surface area contributed by atoms with Crippen LogP contribution in [-0.4, -0.2) is 30.7 Å². The van der Waals surface area contributed by atoms with Gasteiger partial charge in [-0.05, 0) is 30.3 Å². The van der Waals surface area contributed by atoms with Crippen molar-refractivity contribution < 1.29 is 0 Å². The molecule has 0 N–H and O–H groups in total. The van der Waals surface area contributed by atoms with Gasteiger partial charge in [-0.15, -0.1) is 0 Å². The number of fused-ring (bicyclic) bond motifs is 2. The molecule has 0 aliphatic rings. The monoisotopic (exact) mass is 391 g/mol. The molecule has 0 unspecified atom stereocenters. The first-order chi connectivity index (χ1) is 10.1. The maximum Gasteiger partial charge on any atom is 0.0730 e. The predicted molar refractivity (Wildman–Crippen MR) is 101 cm³/mol. The Morgan fingerprint density at radius 2 is 1.43 bits per heavy atom. The molecule has 1 aromatic heterocycles. The van der Waals surface area contributed by atoms with Gasteiger partial charge in [0.2, 0.25) is 0 Å². The topological polar surface area (TPSA) is 19.4 Å². The molecule has 0 saturated carbocycles. The van der Waals surface area contributed by atoms with Crippen LogP contribution in [0.2, 0.25) is 0 Å². The lowest BCUT2D eigenvalue weighted by Gasteiger charge is -2.16. The third kappa shape index (κ3) is 2.77. The van der Waals surface area contributed by atoms with Gasteiger partial charge in [-0.25, -0.2) is 4.98 Å². The summed E-state index contributed by atoms with van der Waals surface area (Å²) >= 11 is 2.37. The van der Waals surface area contributed by atoms with Gasteiger partial charge < -0.3 is 9.80 Å². The fourth-order valence-corrected chi connectivity index (χ4v) is 2.78. The van der Waals surface area contributed by atoms with Gasteiger partial charge >= 0.3 is 0 Å². The van der Waals surface area contributed by atoms with Gasteiger partial charge in [0.1, 0.15) is 0 Å². The first-order valence-corrected chi connectivity index (χ1v) is 8.40. The zero-order valence-corrected chi connectivity index (χ0v) is 14.6. The van der Waals surface area contributed by atoms with Crippen LogP contribution in [0.25, 0.3) is 21.8 Å². The van der Waals surface area contributed by atoms with E-state index in [0.717, 1.165) is 15.6 Å². The second kappa shape index (κ2) is 5.67. The molecule has 0 spiro atoms. The third-order valence-electron chi connectivity index (χ3n) is 3.72. The Labute approximate surface area is 138 Å². The van der Waals surface area contributed by atoms with Gasteiger partial charge in [0, 0.05) is 43.3 Å². The second-order valence-electron chi connectivity index (χ2n) is 5.45. The average Bonchev–Trinajstić information content (AvgIpc) is 2.50. The van der Waals surface area contributed by atoms with Crippen LogP contribution in [0.1, 0.15) is 0 Å². The summed E-state index contributed by atoms with van der Waals surface area (Å²) in [6, 6.07) is 15.1. The zero-order valence-electron chi connectivity index (χ0n) is 12.5. The molecule has 21 heavy (non-hydrogen) atoms. The molecule has 0 aliphatic heterocycles. The Balaban J connectivity index is 2.19. The van der Waals surface area contributed by atoms with Gasteiger partial charge in [0.05, 0.1) is 15.6 Å². The van der Waals surface area contributed by atoms with E-state index in [1.807, 2.05) is 0 Å². The summed E-state index contributed by atoms with van der Waals surface area (Å²) in [4.78, 5) is 9.16. The van der Waals surface area contributed by atoms with Crippen molar-refractivity contribution >= 4 is 55.8 Å². The maximum absolute atomic E-state index is 4.84. The van der Waals surface area contributed by atoms with Crippen LogP contribution < -0.4 is 9.80 Å². The van der Waals surface area contributed by atoms with Crippen LogP contribution in [0, 0.1) is 0 Å². The van der Waals surface area contributed by atoms with Crippen molar-refractivity contribution in [3.05, 3.63) is 42.5 Å². The Kier molecular flexibility index (Phi) is 3.89. The minimum Gasteiger partial charge on any atom is -0.378 e. The summed E-state index contributed by atoms with van der Waals surface area (Å²) in [6.45, 7) is 0. The molecule has 1 heterocycles. The third-order valence-corrected chi connectivity index (χ3v) is 4.74. The van der Waals surface area contributed by atoms with Gasteiger partial charge in [-0.2, -0.15) is 0 Å². The first-order valence-electron chi connectivity index (χ1n) is 6.87. The lowest BCUT2D eigenvalue weighted by molar-refractivity contribution is 1.12. The highest BCUT2D eigenvalue weighted by molar-refractivity contribution is 14.1. The molecular weight excluding hydrogens is 373 g/mol. The number of rotatable bonds is 3. The number of hydrogen-bond donors (Lipinski definition) is 0. The van der Waals surface area contributed by atoms with Crippen molar-refractivity contribution in [3.63, 3.8) is 0 Å². The van der Waals surface area contributed by atoms with Crippen molar-refractivity contribution in [2.45, 2.75) is 0 Å². The standard InChI is InChI=1S/C17H18IN3/c1-20(2)14-6-4-12-8-13-5-7-15(21(3)11-18)10-17(13)19-16(12)9-14/h4-10H,11H2,1-3H3. The Morgan fingerprint density at radius 3 is 2.00 bits per heavy atom.